The van der Waals surface area contributed by atoms with E-state index in [2.05, 4.69) is 5.32 Å². The van der Waals surface area contributed by atoms with Crippen molar-refractivity contribution in [3.8, 4) is 11.5 Å². The minimum absolute atomic E-state index is 0.337. The highest BCUT2D eigenvalue weighted by Gasteiger charge is 2.12. The quantitative estimate of drug-likeness (QED) is 0.851. The highest BCUT2D eigenvalue weighted by atomic mass is 35.5. The van der Waals surface area contributed by atoms with Crippen LogP contribution in [0.1, 0.15) is 10.4 Å². The maximum absolute atomic E-state index is 12.3. The van der Waals surface area contributed by atoms with E-state index in [1.54, 1.807) is 43.5 Å². The highest BCUT2D eigenvalue weighted by molar-refractivity contribution is 6.31. The van der Waals surface area contributed by atoms with Crippen molar-refractivity contribution in [2.45, 2.75) is 0 Å². The third kappa shape index (κ3) is 3.58. The Bertz CT molecular complexity index is 654. The monoisotopic (exact) mass is 306 g/mol. The van der Waals surface area contributed by atoms with Gasteiger partial charge in [0, 0.05) is 22.3 Å². The van der Waals surface area contributed by atoms with Crippen molar-refractivity contribution < 1.29 is 14.3 Å². The van der Waals surface area contributed by atoms with Crippen molar-refractivity contribution in [1.29, 1.82) is 0 Å². The van der Waals surface area contributed by atoms with Gasteiger partial charge < -0.3 is 20.5 Å². The van der Waals surface area contributed by atoms with Crippen LogP contribution in [0.4, 0.5) is 11.4 Å². The number of benzene rings is 2. The van der Waals surface area contributed by atoms with Gasteiger partial charge in [0.05, 0.1) is 19.9 Å². The number of methoxy groups -OCH3 is 2. The first-order valence-electron chi connectivity index (χ1n) is 6.13. The molecule has 0 saturated heterocycles. The van der Waals surface area contributed by atoms with E-state index in [1.807, 2.05) is 0 Å². The summed E-state index contributed by atoms with van der Waals surface area (Å²) in [6.07, 6.45) is 0. The molecule has 2 aromatic rings. The maximum Gasteiger partial charge on any atom is 0.255 e. The molecule has 0 aromatic heterocycles. The SMILES string of the molecule is COc1ccc(OC)c(NC(=O)c2cc(N)cc(Cl)c2)c1. The van der Waals surface area contributed by atoms with Crippen LogP contribution < -0.4 is 20.5 Å². The van der Waals surface area contributed by atoms with Crippen LogP contribution >= 0.6 is 11.6 Å². The molecule has 0 fully saturated rings. The number of hydrogen-bond donors (Lipinski definition) is 2. The zero-order valence-corrected chi connectivity index (χ0v) is 12.4. The fourth-order valence-corrected chi connectivity index (χ4v) is 2.09. The van der Waals surface area contributed by atoms with Crippen LogP contribution in [0.25, 0.3) is 0 Å². The molecule has 21 heavy (non-hydrogen) atoms. The lowest BCUT2D eigenvalue weighted by molar-refractivity contribution is 0.102. The molecule has 0 bridgehead atoms. The smallest absolute Gasteiger partial charge is 0.255 e. The topological polar surface area (TPSA) is 73.6 Å². The van der Waals surface area contributed by atoms with Gasteiger partial charge in [0.1, 0.15) is 11.5 Å². The predicted molar refractivity (Wildman–Crippen MR) is 83.4 cm³/mol. The second kappa shape index (κ2) is 6.37. The van der Waals surface area contributed by atoms with Crippen LogP contribution in [0.15, 0.2) is 36.4 Å². The summed E-state index contributed by atoms with van der Waals surface area (Å²) in [6, 6.07) is 9.79. The summed E-state index contributed by atoms with van der Waals surface area (Å²) < 4.78 is 10.3. The fourth-order valence-electron chi connectivity index (χ4n) is 1.85. The number of nitrogens with one attached hydrogen (secondary N) is 1. The Balaban J connectivity index is 2.30. The minimum Gasteiger partial charge on any atom is -0.497 e. The Labute approximate surface area is 127 Å². The molecule has 0 saturated carbocycles. The lowest BCUT2D eigenvalue weighted by atomic mass is 10.2. The summed E-state index contributed by atoms with van der Waals surface area (Å²) >= 11 is 5.90. The third-order valence-corrected chi connectivity index (χ3v) is 3.06. The summed E-state index contributed by atoms with van der Waals surface area (Å²) in [6.45, 7) is 0. The number of carbonyl (C=O) groups is 1. The Hall–Kier alpha value is -2.40. The molecular formula is C15H15ClN2O3. The van der Waals surface area contributed by atoms with E-state index in [1.165, 1.54) is 7.11 Å². The zero-order valence-electron chi connectivity index (χ0n) is 11.6. The summed E-state index contributed by atoms with van der Waals surface area (Å²) in [4.78, 5) is 12.3. The Kier molecular flexibility index (Phi) is 4.55. The van der Waals surface area contributed by atoms with Crippen molar-refractivity contribution in [1.82, 2.24) is 0 Å². The predicted octanol–water partition coefficient (Wildman–Crippen LogP) is 3.19. The fraction of sp³-hybridized carbons (Fsp3) is 0.133. The van der Waals surface area contributed by atoms with Crippen molar-refractivity contribution in [2.75, 3.05) is 25.3 Å². The number of nitrogen functional groups attached to an aromatic ring is 1. The van der Waals surface area contributed by atoms with Gasteiger partial charge in [-0.15, -0.1) is 0 Å². The number of ether oxygens (including phenoxy) is 2. The molecule has 3 N–H and O–H groups in total. The molecule has 2 aromatic carbocycles. The van der Waals surface area contributed by atoms with E-state index >= 15 is 0 Å². The van der Waals surface area contributed by atoms with Gasteiger partial charge >= 0.3 is 0 Å². The first kappa shape index (κ1) is 15.0. The number of amides is 1. The molecule has 5 nitrogen and oxygen atoms in total. The molecular weight excluding hydrogens is 292 g/mol. The van der Waals surface area contributed by atoms with Gasteiger partial charge in [-0.3, -0.25) is 4.79 Å². The number of rotatable bonds is 4. The molecule has 1 amide bonds. The first-order valence-corrected chi connectivity index (χ1v) is 6.50. The van der Waals surface area contributed by atoms with Gasteiger partial charge in [-0.25, -0.2) is 0 Å². The van der Waals surface area contributed by atoms with Crippen LogP contribution in [-0.2, 0) is 0 Å². The summed E-state index contributed by atoms with van der Waals surface area (Å²) in [5, 5.41) is 3.15. The Morgan fingerprint density at radius 2 is 1.90 bits per heavy atom. The Morgan fingerprint density at radius 1 is 1.14 bits per heavy atom. The molecule has 0 atom stereocenters. The molecule has 6 heteroatoms. The normalized spacial score (nSPS) is 10.0. The standard InChI is InChI=1S/C15H15ClN2O3/c1-20-12-3-4-14(21-2)13(8-12)18-15(19)9-5-10(16)7-11(17)6-9/h3-8H,17H2,1-2H3,(H,18,19). The molecule has 0 aliphatic carbocycles. The van der Waals surface area contributed by atoms with Gasteiger partial charge in [-0.1, -0.05) is 11.6 Å². The first-order chi connectivity index (χ1) is 10.0. The number of halogens is 1. The van der Waals surface area contributed by atoms with Gasteiger partial charge in [0.2, 0.25) is 0 Å². The van der Waals surface area contributed by atoms with E-state index in [0.717, 1.165) is 0 Å². The van der Waals surface area contributed by atoms with E-state index in [0.29, 0.717) is 33.5 Å². The number of nitrogens with two attached hydrogens (primary N) is 1. The molecule has 0 aliphatic rings. The summed E-state index contributed by atoms with van der Waals surface area (Å²) in [5.74, 6) is 0.798. The molecule has 110 valence electrons. The third-order valence-electron chi connectivity index (χ3n) is 2.84. The zero-order chi connectivity index (χ0) is 15.4. The average molecular weight is 307 g/mol. The molecule has 0 unspecified atom stereocenters. The van der Waals surface area contributed by atoms with E-state index in [9.17, 15) is 4.79 Å². The minimum atomic E-state index is -0.337. The summed E-state index contributed by atoms with van der Waals surface area (Å²) in [7, 11) is 3.07. The molecule has 0 heterocycles. The van der Waals surface area contributed by atoms with Crippen LogP contribution in [0.2, 0.25) is 5.02 Å². The molecule has 0 aliphatic heterocycles. The van der Waals surface area contributed by atoms with Crippen LogP contribution in [0.5, 0.6) is 11.5 Å². The van der Waals surface area contributed by atoms with Gasteiger partial charge in [-0.05, 0) is 30.3 Å². The lowest BCUT2D eigenvalue weighted by Gasteiger charge is -2.12. The lowest BCUT2D eigenvalue weighted by Crippen LogP contribution is -2.13. The van der Waals surface area contributed by atoms with Crippen molar-refractivity contribution in [3.63, 3.8) is 0 Å². The van der Waals surface area contributed by atoms with E-state index in [-0.39, 0.29) is 5.91 Å². The van der Waals surface area contributed by atoms with Crippen molar-refractivity contribution in [3.05, 3.63) is 47.0 Å². The van der Waals surface area contributed by atoms with Gasteiger partial charge in [0.15, 0.2) is 0 Å². The van der Waals surface area contributed by atoms with Crippen LogP contribution in [0.3, 0.4) is 0 Å². The second-order valence-corrected chi connectivity index (χ2v) is 4.73. The van der Waals surface area contributed by atoms with E-state index in [4.69, 9.17) is 26.8 Å². The molecule has 0 spiro atoms. The van der Waals surface area contributed by atoms with Crippen molar-refractivity contribution in [2.24, 2.45) is 0 Å². The number of hydrogen-bond acceptors (Lipinski definition) is 4. The number of anilines is 2. The highest BCUT2D eigenvalue weighted by Crippen LogP contribution is 2.29. The molecule has 2 rings (SSSR count). The van der Waals surface area contributed by atoms with E-state index < -0.39 is 0 Å². The number of carbonyl (C=O) groups excluding carboxylic acids is 1. The van der Waals surface area contributed by atoms with Crippen LogP contribution in [0, 0.1) is 0 Å². The van der Waals surface area contributed by atoms with Crippen molar-refractivity contribution >= 4 is 28.9 Å². The van der Waals surface area contributed by atoms with Gasteiger partial charge in [0.25, 0.3) is 5.91 Å². The second-order valence-electron chi connectivity index (χ2n) is 4.29. The Morgan fingerprint density at radius 3 is 2.52 bits per heavy atom. The molecule has 0 radical (unpaired) electrons. The largest absolute Gasteiger partial charge is 0.497 e. The summed E-state index contributed by atoms with van der Waals surface area (Å²) in [5.41, 5.74) is 6.97. The average Bonchev–Trinajstić information content (AvgIpc) is 2.46. The van der Waals surface area contributed by atoms with Gasteiger partial charge in [-0.2, -0.15) is 0 Å². The van der Waals surface area contributed by atoms with Crippen LogP contribution in [-0.4, -0.2) is 20.1 Å². The maximum atomic E-state index is 12.3.